The van der Waals surface area contributed by atoms with Crippen LogP contribution in [0.25, 0.3) is 10.9 Å². The first-order valence-corrected chi connectivity index (χ1v) is 9.66. The number of aryl methyl sites for hydroxylation is 1. The van der Waals surface area contributed by atoms with Gasteiger partial charge in [-0.15, -0.1) is 0 Å². The highest BCUT2D eigenvalue weighted by Gasteiger charge is 2.14. The molecule has 1 fully saturated rings. The van der Waals surface area contributed by atoms with Gasteiger partial charge in [0.15, 0.2) is 0 Å². The van der Waals surface area contributed by atoms with Crippen LogP contribution in [0.5, 0.6) is 0 Å². The zero-order chi connectivity index (χ0) is 20.2. The minimum absolute atomic E-state index is 0.152. The van der Waals surface area contributed by atoms with Gasteiger partial charge in [-0.3, -0.25) is 4.79 Å². The van der Waals surface area contributed by atoms with Crippen LogP contribution in [0.15, 0.2) is 41.5 Å². The number of hydrogen-bond donors (Lipinski definition) is 3. The van der Waals surface area contributed by atoms with Crippen molar-refractivity contribution >= 4 is 33.9 Å². The first kappa shape index (κ1) is 19.2. The lowest BCUT2D eigenvalue weighted by Gasteiger charge is -2.28. The first-order valence-electron chi connectivity index (χ1n) is 9.66. The van der Waals surface area contributed by atoms with E-state index in [1.54, 1.807) is 13.1 Å². The predicted octanol–water partition coefficient (Wildman–Crippen LogP) is 1.28. The maximum Gasteiger partial charge on any atom is 0.264 e. The molecule has 2 aromatic heterocycles. The maximum atomic E-state index is 12.7. The molecule has 29 heavy (non-hydrogen) atoms. The molecule has 4 N–H and O–H groups in total. The fraction of sp³-hybridized carbons (Fsp3) is 0.350. The third-order valence-electron chi connectivity index (χ3n) is 4.86. The summed E-state index contributed by atoms with van der Waals surface area (Å²) in [5.41, 5.74) is 8.00. The van der Waals surface area contributed by atoms with Gasteiger partial charge in [-0.1, -0.05) is 0 Å². The molecule has 0 radical (unpaired) electrons. The Hall–Kier alpha value is -3.17. The largest absolute Gasteiger partial charge is 0.378 e. The lowest BCUT2D eigenvalue weighted by Crippen LogP contribution is -2.36. The zero-order valence-corrected chi connectivity index (χ0v) is 16.4. The Morgan fingerprint density at radius 3 is 2.69 bits per heavy atom. The van der Waals surface area contributed by atoms with E-state index in [2.05, 4.69) is 37.6 Å². The van der Waals surface area contributed by atoms with Gasteiger partial charge in [0, 0.05) is 50.7 Å². The van der Waals surface area contributed by atoms with Gasteiger partial charge in [0.1, 0.15) is 17.0 Å². The van der Waals surface area contributed by atoms with Crippen molar-refractivity contribution in [2.45, 2.75) is 0 Å². The van der Waals surface area contributed by atoms with Gasteiger partial charge >= 0.3 is 0 Å². The van der Waals surface area contributed by atoms with Gasteiger partial charge in [-0.25, -0.2) is 9.97 Å². The molecule has 0 aliphatic carbocycles. The summed E-state index contributed by atoms with van der Waals surface area (Å²) in [6.07, 6.45) is 1.51. The summed E-state index contributed by atoms with van der Waals surface area (Å²) >= 11 is 0. The van der Waals surface area contributed by atoms with Crippen molar-refractivity contribution in [3.8, 4) is 0 Å². The van der Waals surface area contributed by atoms with E-state index in [9.17, 15) is 4.79 Å². The molecule has 0 spiro atoms. The van der Waals surface area contributed by atoms with Gasteiger partial charge in [0.2, 0.25) is 0 Å². The topological polar surface area (TPSA) is 110 Å². The first-order chi connectivity index (χ1) is 14.2. The normalized spacial score (nSPS) is 14.2. The number of rotatable bonds is 6. The van der Waals surface area contributed by atoms with Crippen molar-refractivity contribution in [2.75, 3.05) is 54.9 Å². The van der Waals surface area contributed by atoms with E-state index < -0.39 is 0 Å². The molecule has 3 heterocycles. The van der Waals surface area contributed by atoms with Crippen molar-refractivity contribution in [2.24, 2.45) is 12.8 Å². The molecule has 3 aromatic rings. The Kier molecular flexibility index (Phi) is 5.59. The summed E-state index contributed by atoms with van der Waals surface area (Å²) in [6, 6.07) is 9.85. The molecular weight excluding hydrogens is 370 g/mol. The molecule has 9 heteroatoms. The summed E-state index contributed by atoms with van der Waals surface area (Å²) in [4.78, 5) is 24.0. The van der Waals surface area contributed by atoms with Crippen molar-refractivity contribution in [3.05, 3.63) is 47.0 Å². The second-order valence-corrected chi connectivity index (χ2v) is 6.90. The molecule has 0 unspecified atom stereocenters. The summed E-state index contributed by atoms with van der Waals surface area (Å²) in [7, 11) is 1.68. The van der Waals surface area contributed by atoms with Crippen LogP contribution in [0.3, 0.4) is 0 Å². The lowest BCUT2D eigenvalue weighted by atomic mass is 10.2. The Morgan fingerprint density at radius 1 is 1.21 bits per heavy atom. The van der Waals surface area contributed by atoms with E-state index in [1.165, 1.54) is 10.9 Å². The van der Waals surface area contributed by atoms with Gasteiger partial charge in [-0.2, -0.15) is 0 Å². The number of anilines is 4. The monoisotopic (exact) mass is 395 g/mol. The highest BCUT2D eigenvalue weighted by atomic mass is 16.5. The van der Waals surface area contributed by atoms with Gasteiger partial charge in [0.25, 0.3) is 5.56 Å². The number of nitrogens with one attached hydrogen (secondary N) is 2. The van der Waals surface area contributed by atoms with Crippen molar-refractivity contribution < 1.29 is 4.74 Å². The third kappa shape index (κ3) is 4.15. The summed E-state index contributed by atoms with van der Waals surface area (Å²) in [5.74, 6) is 1.09. The summed E-state index contributed by atoms with van der Waals surface area (Å²) in [5, 5.41) is 6.89. The highest BCUT2D eigenvalue weighted by molar-refractivity contribution is 5.92. The molecular formula is C20H25N7O2. The van der Waals surface area contributed by atoms with E-state index in [0.29, 0.717) is 35.6 Å². The van der Waals surface area contributed by atoms with Crippen LogP contribution in [0, 0.1) is 0 Å². The van der Waals surface area contributed by atoms with E-state index in [0.717, 1.165) is 37.7 Å². The molecule has 1 aliphatic rings. The van der Waals surface area contributed by atoms with Crippen molar-refractivity contribution in [1.82, 2.24) is 14.5 Å². The molecule has 4 rings (SSSR count). The number of benzene rings is 1. The lowest BCUT2D eigenvalue weighted by molar-refractivity contribution is 0.122. The highest BCUT2D eigenvalue weighted by Crippen LogP contribution is 2.25. The fourth-order valence-corrected chi connectivity index (χ4v) is 3.32. The van der Waals surface area contributed by atoms with Gasteiger partial charge in [0.05, 0.1) is 25.1 Å². The van der Waals surface area contributed by atoms with Crippen LogP contribution in [-0.4, -0.2) is 53.9 Å². The number of fused-ring (bicyclic) bond motifs is 1. The SMILES string of the molecule is Cn1cnc2cc(NCCN)nc(Nc3ccc(N4CCOCC4)cc3)c2c1=O. The summed E-state index contributed by atoms with van der Waals surface area (Å²) in [6.45, 7) is 4.32. The van der Waals surface area contributed by atoms with E-state index in [-0.39, 0.29) is 5.56 Å². The number of aromatic nitrogens is 3. The second kappa shape index (κ2) is 8.46. The third-order valence-corrected chi connectivity index (χ3v) is 4.86. The molecule has 1 aliphatic heterocycles. The maximum absolute atomic E-state index is 12.7. The fourth-order valence-electron chi connectivity index (χ4n) is 3.32. The Morgan fingerprint density at radius 2 is 1.97 bits per heavy atom. The van der Waals surface area contributed by atoms with Crippen molar-refractivity contribution in [3.63, 3.8) is 0 Å². The predicted molar refractivity (Wildman–Crippen MR) is 115 cm³/mol. The second-order valence-electron chi connectivity index (χ2n) is 6.90. The quantitative estimate of drug-likeness (QED) is 0.573. The number of hydrogen-bond acceptors (Lipinski definition) is 8. The number of pyridine rings is 1. The van der Waals surface area contributed by atoms with Gasteiger partial charge in [-0.05, 0) is 24.3 Å². The van der Waals surface area contributed by atoms with Crippen LogP contribution in [0.2, 0.25) is 0 Å². The molecule has 0 atom stereocenters. The van der Waals surface area contributed by atoms with Crippen LogP contribution in [-0.2, 0) is 11.8 Å². The smallest absolute Gasteiger partial charge is 0.264 e. The number of nitrogens with two attached hydrogens (primary N) is 1. The molecule has 0 bridgehead atoms. The average Bonchev–Trinajstić information content (AvgIpc) is 2.76. The molecule has 0 saturated carbocycles. The van der Waals surface area contributed by atoms with Crippen LogP contribution >= 0.6 is 0 Å². The molecule has 152 valence electrons. The van der Waals surface area contributed by atoms with Crippen LogP contribution < -0.4 is 26.8 Å². The van der Waals surface area contributed by atoms with Crippen LogP contribution in [0.1, 0.15) is 0 Å². The Balaban J connectivity index is 1.66. The summed E-state index contributed by atoms with van der Waals surface area (Å²) < 4.78 is 6.86. The number of morpholine rings is 1. The van der Waals surface area contributed by atoms with Crippen LogP contribution in [0.4, 0.5) is 23.0 Å². The van der Waals surface area contributed by atoms with Crippen molar-refractivity contribution in [1.29, 1.82) is 0 Å². The Labute approximate surface area is 168 Å². The molecule has 0 amide bonds. The van der Waals surface area contributed by atoms with Gasteiger partial charge < -0.3 is 30.6 Å². The van der Waals surface area contributed by atoms with E-state index in [4.69, 9.17) is 10.5 Å². The molecule has 9 nitrogen and oxygen atoms in total. The Bertz CT molecular complexity index is 1040. The standard InChI is InChI=1S/C20H25N7O2/c1-26-13-23-16-12-17(22-7-6-21)25-19(18(16)20(26)28)24-14-2-4-15(5-3-14)27-8-10-29-11-9-27/h2-5,12-13H,6-11,21H2,1H3,(H2,22,24,25). The molecule has 1 saturated heterocycles. The minimum Gasteiger partial charge on any atom is -0.378 e. The average molecular weight is 395 g/mol. The molecule has 1 aromatic carbocycles. The zero-order valence-electron chi connectivity index (χ0n) is 16.4. The number of nitrogens with zero attached hydrogens (tertiary/aromatic N) is 4. The minimum atomic E-state index is -0.152. The van der Waals surface area contributed by atoms with E-state index >= 15 is 0 Å². The van der Waals surface area contributed by atoms with E-state index in [1.807, 2.05) is 12.1 Å². The number of ether oxygens (including phenoxy) is 1.